The van der Waals surface area contributed by atoms with Crippen LogP contribution in [-0.2, 0) is 6.18 Å². The summed E-state index contributed by atoms with van der Waals surface area (Å²) in [5, 5.41) is 6.47. The lowest BCUT2D eigenvalue weighted by Gasteiger charge is -2.15. The molecule has 1 aromatic carbocycles. The highest BCUT2D eigenvalue weighted by molar-refractivity contribution is 7.71. The molecule has 0 unspecified atom stereocenters. The highest BCUT2D eigenvalue weighted by Crippen LogP contribution is 2.36. The molecule has 0 bridgehead atoms. The average Bonchev–Trinajstić information content (AvgIpc) is 2.70. The lowest BCUT2D eigenvalue weighted by Crippen LogP contribution is -2.10. The molecule has 0 aliphatic rings. The number of nitrogens with one attached hydrogen (secondary N) is 1. The van der Waals surface area contributed by atoms with Gasteiger partial charge in [0.25, 0.3) is 0 Å². The maximum absolute atomic E-state index is 13.0. The number of alkyl halides is 3. The van der Waals surface area contributed by atoms with E-state index in [4.69, 9.17) is 12.2 Å². The topological polar surface area (TPSA) is 33.6 Å². The van der Waals surface area contributed by atoms with Gasteiger partial charge in [-0.2, -0.15) is 18.3 Å². The Balaban J connectivity index is 2.71. The van der Waals surface area contributed by atoms with Crippen molar-refractivity contribution in [2.45, 2.75) is 26.1 Å². The summed E-state index contributed by atoms with van der Waals surface area (Å²) >= 11 is 5.05. The quantitative estimate of drug-likeness (QED) is 0.839. The van der Waals surface area contributed by atoms with E-state index in [0.29, 0.717) is 4.77 Å². The maximum Gasteiger partial charge on any atom is 0.417 e. The number of H-pyrrole nitrogens is 1. The summed E-state index contributed by atoms with van der Waals surface area (Å²) in [5.41, 5.74) is -0.693. The zero-order chi connectivity index (χ0) is 14.2. The number of aromatic nitrogens is 3. The average molecular weight is 287 g/mol. The van der Waals surface area contributed by atoms with Gasteiger partial charge in [0.2, 0.25) is 0 Å². The number of hydrogen-bond donors (Lipinski definition) is 1. The van der Waals surface area contributed by atoms with Gasteiger partial charge in [0.1, 0.15) is 0 Å². The summed E-state index contributed by atoms with van der Waals surface area (Å²) in [5.74, 6) is 0.202. The molecule has 0 amide bonds. The van der Waals surface area contributed by atoms with Crippen LogP contribution < -0.4 is 0 Å². The Hall–Kier alpha value is -1.63. The largest absolute Gasteiger partial charge is 0.417 e. The summed E-state index contributed by atoms with van der Waals surface area (Å²) in [6, 6.07) is 5.26. The van der Waals surface area contributed by atoms with Gasteiger partial charge in [-0.1, -0.05) is 18.2 Å². The van der Waals surface area contributed by atoms with E-state index >= 15 is 0 Å². The molecule has 0 aliphatic heterocycles. The van der Waals surface area contributed by atoms with Crippen molar-refractivity contribution in [2.24, 2.45) is 0 Å². The maximum atomic E-state index is 13.0. The Kier molecular flexibility index (Phi) is 3.49. The summed E-state index contributed by atoms with van der Waals surface area (Å²) in [6.07, 6.45) is -4.42. The Morgan fingerprint density at radius 1 is 1.26 bits per heavy atom. The van der Waals surface area contributed by atoms with Crippen LogP contribution in [0.1, 0.15) is 25.5 Å². The first-order valence-corrected chi connectivity index (χ1v) is 6.06. The van der Waals surface area contributed by atoms with Crippen LogP contribution in [-0.4, -0.2) is 14.8 Å². The predicted molar refractivity (Wildman–Crippen MR) is 68.2 cm³/mol. The third kappa shape index (κ3) is 2.56. The van der Waals surface area contributed by atoms with Crippen molar-refractivity contribution in [3.8, 4) is 11.4 Å². The van der Waals surface area contributed by atoms with E-state index in [0.717, 1.165) is 6.07 Å². The molecule has 7 heteroatoms. The van der Waals surface area contributed by atoms with Crippen molar-refractivity contribution >= 4 is 12.2 Å². The van der Waals surface area contributed by atoms with Crippen molar-refractivity contribution < 1.29 is 13.2 Å². The first-order chi connectivity index (χ1) is 8.82. The molecule has 2 aromatic rings. The SMILES string of the molecule is CC(C)n1c(-c2ccccc2C(F)(F)F)n[nH]c1=S. The molecule has 0 aliphatic carbocycles. The third-order valence-electron chi connectivity index (χ3n) is 2.69. The van der Waals surface area contributed by atoms with Crippen LogP contribution in [0, 0.1) is 4.77 Å². The Labute approximate surface area is 113 Å². The highest BCUT2D eigenvalue weighted by atomic mass is 32.1. The van der Waals surface area contributed by atoms with Crippen LogP contribution in [0.15, 0.2) is 24.3 Å². The molecule has 0 saturated carbocycles. The third-order valence-corrected chi connectivity index (χ3v) is 2.98. The van der Waals surface area contributed by atoms with Gasteiger partial charge >= 0.3 is 6.18 Å². The molecule has 0 spiro atoms. The van der Waals surface area contributed by atoms with E-state index in [9.17, 15) is 13.2 Å². The zero-order valence-electron chi connectivity index (χ0n) is 10.3. The minimum absolute atomic E-state index is 0.0241. The fourth-order valence-electron chi connectivity index (χ4n) is 1.90. The van der Waals surface area contributed by atoms with E-state index < -0.39 is 11.7 Å². The smallest absolute Gasteiger partial charge is 0.298 e. The molecule has 0 radical (unpaired) electrons. The van der Waals surface area contributed by atoms with E-state index in [1.807, 2.05) is 13.8 Å². The monoisotopic (exact) mass is 287 g/mol. The number of halogens is 3. The van der Waals surface area contributed by atoms with Crippen molar-refractivity contribution in [1.82, 2.24) is 14.8 Å². The molecular weight excluding hydrogens is 275 g/mol. The van der Waals surface area contributed by atoms with Crippen molar-refractivity contribution in [2.75, 3.05) is 0 Å². The lowest BCUT2D eigenvalue weighted by molar-refractivity contribution is -0.137. The van der Waals surface area contributed by atoms with Crippen LogP contribution in [0.2, 0.25) is 0 Å². The van der Waals surface area contributed by atoms with Crippen LogP contribution >= 0.6 is 12.2 Å². The molecular formula is C12H12F3N3S. The standard InChI is InChI=1S/C12H12F3N3S/c1-7(2)18-10(16-17-11(18)19)8-5-3-4-6-9(8)12(13,14)15/h3-7H,1-2H3,(H,17,19). The van der Waals surface area contributed by atoms with Gasteiger partial charge in [-0.3, -0.25) is 9.67 Å². The minimum Gasteiger partial charge on any atom is -0.298 e. The lowest BCUT2D eigenvalue weighted by atomic mass is 10.1. The predicted octanol–water partition coefficient (Wildman–Crippen LogP) is 4.21. The van der Waals surface area contributed by atoms with Crippen molar-refractivity contribution in [3.05, 3.63) is 34.6 Å². The van der Waals surface area contributed by atoms with Crippen molar-refractivity contribution in [1.29, 1.82) is 0 Å². The highest BCUT2D eigenvalue weighted by Gasteiger charge is 2.34. The van der Waals surface area contributed by atoms with Gasteiger partial charge in [0.05, 0.1) is 5.56 Å². The molecule has 102 valence electrons. The Morgan fingerprint density at radius 2 is 1.89 bits per heavy atom. The first-order valence-electron chi connectivity index (χ1n) is 5.66. The van der Waals surface area contributed by atoms with Gasteiger partial charge in [0.15, 0.2) is 10.6 Å². The number of hydrogen-bond acceptors (Lipinski definition) is 2. The van der Waals surface area contributed by atoms with E-state index in [-0.39, 0.29) is 17.4 Å². The Morgan fingerprint density at radius 3 is 2.47 bits per heavy atom. The van der Waals surface area contributed by atoms with Gasteiger partial charge in [-0.15, -0.1) is 0 Å². The van der Waals surface area contributed by atoms with E-state index in [1.165, 1.54) is 12.1 Å². The fraction of sp³-hybridized carbons (Fsp3) is 0.333. The molecule has 19 heavy (non-hydrogen) atoms. The molecule has 2 rings (SSSR count). The number of aromatic amines is 1. The molecule has 1 aromatic heterocycles. The summed E-state index contributed by atoms with van der Waals surface area (Å²) in [6.45, 7) is 3.68. The number of benzene rings is 1. The molecule has 1 N–H and O–H groups in total. The van der Waals surface area contributed by atoms with Gasteiger partial charge in [-0.25, -0.2) is 0 Å². The molecule has 3 nitrogen and oxygen atoms in total. The molecule has 0 fully saturated rings. The second kappa shape index (κ2) is 4.80. The van der Waals surface area contributed by atoms with Gasteiger partial charge < -0.3 is 0 Å². The van der Waals surface area contributed by atoms with Crippen molar-refractivity contribution in [3.63, 3.8) is 0 Å². The second-order valence-electron chi connectivity index (χ2n) is 4.36. The molecule has 0 saturated heterocycles. The normalized spacial score (nSPS) is 12.1. The first kappa shape index (κ1) is 13.8. The fourth-order valence-corrected chi connectivity index (χ4v) is 2.24. The van der Waals surface area contributed by atoms with Crippen LogP contribution in [0.5, 0.6) is 0 Å². The summed E-state index contributed by atoms with van der Waals surface area (Å²) in [7, 11) is 0. The zero-order valence-corrected chi connectivity index (χ0v) is 11.1. The van der Waals surface area contributed by atoms with Gasteiger partial charge in [0, 0.05) is 11.6 Å². The molecule has 0 atom stereocenters. The van der Waals surface area contributed by atoms with E-state index in [2.05, 4.69) is 10.2 Å². The van der Waals surface area contributed by atoms with Crippen LogP contribution in [0.25, 0.3) is 11.4 Å². The van der Waals surface area contributed by atoms with Gasteiger partial charge in [-0.05, 0) is 32.1 Å². The van der Waals surface area contributed by atoms with Crippen LogP contribution in [0.4, 0.5) is 13.2 Å². The summed E-state index contributed by atoms with van der Waals surface area (Å²) in [4.78, 5) is 0. The van der Waals surface area contributed by atoms with Crippen LogP contribution in [0.3, 0.4) is 0 Å². The summed E-state index contributed by atoms with van der Waals surface area (Å²) < 4.78 is 40.9. The van der Waals surface area contributed by atoms with E-state index in [1.54, 1.807) is 10.6 Å². The number of nitrogens with zero attached hydrogens (tertiary/aromatic N) is 2. The number of rotatable bonds is 2. The minimum atomic E-state index is -4.42. The molecule has 1 heterocycles. The second-order valence-corrected chi connectivity index (χ2v) is 4.75. The Bertz CT molecular complexity index is 640.